The Kier molecular flexibility index (Phi) is 7.14. The lowest BCUT2D eigenvalue weighted by Crippen LogP contribution is -2.04. The van der Waals surface area contributed by atoms with Gasteiger partial charge in [0.25, 0.3) is 0 Å². The summed E-state index contributed by atoms with van der Waals surface area (Å²) < 4.78 is 11.9. The Morgan fingerprint density at radius 2 is 1.66 bits per heavy atom. The van der Waals surface area contributed by atoms with E-state index in [1.54, 1.807) is 18.2 Å². The summed E-state index contributed by atoms with van der Waals surface area (Å²) in [6.07, 6.45) is 1.42. The Labute approximate surface area is 175 Å². The van der Waals surface area contributed by atoms with Crippen LogP contribution >= 0.6 is 11.6 Å². The monoisotopic (exact) mass is 410 g/mol. The maximum atomic E-state index is 11.0. The average Bonchev–Trinajstić information content (AvgIpc) is 2.72. The number of aryl methyl sites for hydroxylation is 2. The molecule has 0 saturated carbocycles. The van der Waals surface area contributed by atoms with E-state index in [1.165, 1.54) is 0 Å². The van der Waals surface area contributed by atoms with Crippen LogP contribution in [-0.2, 0) is 19.4 Å². The lowest BCUT2D eigenvalue weighted by atomic mass is 10.0. The van der Waals surface area contributed by atoms with Crippen LogP contribution < -0.4 is 9.47 Å². The molecule has 0 radical (unpaired) electrons. The zero-order valence-corrected chi connectivity index (χ0v) is 17.0. The number of carboxylic acids is 1. The van der Waals surface area contributed by atoms with Gasteiger partial charge in [-0.05, 0) is 54.7 Å². The molecule has 1 N–H and O–H groups in total. The first-order chi connectivity index (χ1) is 14.1. The van der Waals surface area contributed by atoms with Crippen molar-refractivity contribution in [3.8, 4) is 11.5 Å². The predicted molar refractivity (Wildman–Crippen MR) is 114 cm³/mol. The topological polar surface area (TPSA) is 55.8 Å². The predicted octanol–water partition coefficient (Wildman–Crippen LogP) is 5.80. The van der Waals surface area contributed by atoms with Crippen LogP contribution in [0.1, 0.15) is 34.0 Å². The van der Waals surface area contributed by atoms with Crippen LogP contribution in [0.3, 0.4) is 0 Å². The number of benzene rings is 3. The van der Waals surface area contributed by atoms with Gasteiger partial charge in [0.05, 0.1) is 12.2 Å². The third-order valence-corrected chi connectivity index (χ3v) is 4.72. The fourth-order valence-electron chi connectivity index (χ4n) is 3.06. The van der Waals surface area contributed by atoms with E-state index >= 15 is 0 Å². The highest BCUT2D eigenvalue weighted by Gasteiger charge is 2.14. The minimum Gasteiger partial charge on any atom is -0.490 e. The number of hydrogen-bond acceptors (Lipinski definition) is 3. The maximum Gasteiger partial charge on any atom is 0.335 e. The Morgan fingerprint density at radius 1 is 0.931 bits per heavy atom. The second kappa shape index (κ2) is 9.99. The van der Waals surface area contributed by atoms with Gasteiger partial charge < -0.3 is 14.6 Å². The molecule has 0 atom stereocenters. The highest BCUT2D eigenvalue weighted by Crippen LogP contribution is 2.36. The third kappa shape index (κ3) is 5.75. The van der Waals surface area contributed by atoms with Crippen molar-refractivity contribution >= 4 is 17.6 Å². The first kappa shape index (κ1) is 20.7. The highest BCUT2D eigenvalue weighted by molar-refractivity contribution is 6.30. The molecule has 0 aliphatic heterocycles. The molecule has 0 unspecified atom stereocenters. The molecular formula is C24H23ClO4. The molecule has 150 valence electrons. The van der Waals surface area contributed by atoms with Crippen LogP contribution in [0.4, 0.5) is 0 Å². The molecule has 0 bridgehead atoms. The van der Waals surface area contributed by atoms with Gasteiger partial charge in [0.1, 0.15) is 6.61 Å². The zero-order valence-electron chi connectivity index (χ0n) is 16.2. The maximum absolute atomic E-state index is 11.0. The van der Waals surface area contributed by atoms with E-state index < -0.39 is 5.97 Å². The summed E-state index contributed by atoms with van der Waals surface area (Å²) in [4.78, 5) is 11.0. The van der Waals surface area contributed by atoms with Gasteiger partial charge in [0.2, 0.25) is 0 Å². The van der Waals surface area contributed by atoms with E-state index in [4.69, 9.17) is 26.2 Å². The SMILES string of the molecule is CCOc1cc(Cl)cc(CCc2ccc(C(=O)O)cc2)c1OCc1ccccc1. The quantitative estimate of drug-likeness (QED) is 0.484. The number of ether oxygens (including phenoxy) is 2. The first-order valence-electron chi connectivity index (χ1n) is 9.51. The summed E-state index contributed by atoms with van der Waals surface area (Å²) in [5.41, 5.74) is 3.35. The van der Waals surface area contributed by atoms with Gasteiger partial charge in [-0.3, -0.25) is 0 Å². The molecular weight excluding hydrogens is 388 g/mol. The van der Waals surface area contributed by atoms with Gasteiger partial charge in [-0.25, -0.2) is 4.79 Å². The third-order valence-electron chi connectivity index (χ3n) is 4.51. The minimum absolute atomic E-state index is 0.280. The Morgan fingerprint density at radius 3 is 2.31 bits per heavy atom. The van der Waals surface area contributed by atoms with Crippen molar-refractivity contribution in [1.29, 1.82) is 0 Å². The number of aromatic carboxylic acids is 1. The van der Waals surface area contributed by atoms with E-state index in [0.29, 0.717) is 36.2 Å². The lowest BCUT2D eigenvalue weighted by molar-refractivity contribution is 0.0697. The van der Waals surface area contributed by atoms with Crippen LogP contribution in [0.15, 0.2) is 66.7 Å². The number of carbonyl (C=O) groups is 1. The smallest absolute Gasteiger partial charge is 0.335 e. The van der Waals surface area contributed by atoms with Gasteiger partial charge >= 0.3 is 5.97 Å². The molecule has 0 heterocycles. The molecule has 5 heteroatoms. The molecule has 0 aromatic heterocycles. The van der Waals surface area contributed by atoms with Crippen LogP contribution in [0, 0.1) is 0 Å². The summed E-state index contributed by atoms with van der Waals surface area (Å²) in [7, 11) is 0. The Bertz CT molecular complexity index is 953. The standard InChI is InChI=1S/C24H23ClO4/c1-2-28-22-15-21(25)14-20(23(22)29-16-18-6-4-3-5-7-18)13-10-17-8-11-19(12-9-17)24(26)27/h3-9,11-12,14-15H,2,10,13,16H2,1H3,(H,26,27). The number of halogens is 1. The van der Waals surface area contributed by atoms with Crippen molar-refractivity contribution in [2.45, 2.75) is 26.4 Å². The number of hydrogen-bond donors (Lipinski definition) is 1. The van der Waals surface area contributed by atoms with Crippen molar-refractivity contribution in [2.75, 3.05) is 6.61 Å². The summed E-state index contributed by atoms with van der Waals surface area (Å²) in [6, 6.07) is 20.5. The lowest BCUT2D eigenvalue weighted by Gasteiger charge is -2.17. The normalized spacial score (nSPS) is 10.6. The number of rotatable bonds is 9. The van der Waals surface area contributed by atoms with Crippen molar-refractivity contribution in [3.05, 3.63) is 94.0 Å². The fraction of sp³-hybridized carbons (Fsp3) is 0.208. The summed E-state index contributed by atoms with van der Waals surface area (Å²) in [6.45, 7) is 2.87. The molecule has 29 heavy (non-hydrogen) atoms. The highest BCUT2D eigenvalue weighted by atomic mass is 35.5. The van der Waals surface area contributed by atoms with Crippen LogP contribution in [0.2, 0.25) is 5.02 Å². The molecule has 0 amide bonds. The Hall–Kier alpha value is -2.98. The summed E-state index contributed by atoms with van der Waals surface area (Å²) in [5, 5.41) is 9.63. The Balaban J connectivity index is 1.80. The zero-order chi connectivity index (χ0) is 20.6. The van der Waals surface area contributed by atoms with E-state index in [2.05, 4.69) is 0 Å². The van der Waals surface area contributed by atoms with Crippen LogP contribution in [0.5, 0.6) is 11.5 Å². The van der Waals surface area contributed by atoms with Crippen molar-refractivity contribution in [2.24, 2.45) is 0 Å². The van der Waals surface area contributed by atoms with E-state index in [9.17, 15) is 4.79 Å². The van der Waals surface area contributed by atoms with E-state index in [1.807, 2.05) is 55.5 Å². The molecule has 3 rings (SSSR count). The molecule has 0 saturated heterocycles. The second-order valence-electron chi connectivity index (χ2n) is 6.60. The molecule has 0 spiro atoms. The largest absolute Gasteiger partial charge is 0.490 e. The van der Waals surface area contributed by atoms with Crippen LogP contribution in [0.25, 0.3) is 0 Å². The minimum atomic E-state index is -0.927. The van der Waals surface area contributed by atoms with Crippen molar-refractivity contribution in [1.82, 2.24) is 0 Å². The van der Waals surface area contributed by atoms with Gasteiger partial charge in [-0.2, -0.15) is 0 Å². The van der Waals surface area contributed by atoms with Crippen LogP contribution in [-0.4, -0.2) is 17.7 Å². The molecule has 3 aromatic carbocycles. The van der Waals surface area contributed by atoms with Gasteiger partial charge in [-0.15, -0.1) is 0 Å². The molecule has 3 aromatic rings. The number of carboxylic acid groups (broad SMARTS) is 1. The molecule has 0 fully saturated rings. The second-order valence-corrected chi connectivity index (χ2v) is 7.04. The van der Waals surface area contributed by atoms with E-state index in [0.717, 1.165) is 23.1 Å². The average molecular weight is 411 g/mol. The molecule has 0 aliphatic rings. The molecule has 4 nitrogen and oxygen atoms in total. The summed E-state index contributed by atoms with van der Waals surface area (Å²) in [5.74, 6) is 0.402. The van der Waals surface area contributed by atoms with E-state index in [-0.39, 0.29) is 5.56 Å². The van der Waals surface area contributed by atoms with Gasteiger partial charge in [0, 0.05) is 11.1 Å². The van der Waals surface area contributed by atoms with Gasteiger partial charge in [-0.1, -0.05) is 54.1 Å². The first-order valence-corrected chi connectivity index (χ1v) is 9.88. The van der Waals surface area contributed by atoms with Crippen molar-refractivity contribution < 1.29 is 19.4 Å². The fourth-order valence-corrected chi connectivity index (χ4v) is 3.29. The van der Waals surface area contributed by atoms with Gasteiger partial charge in [0.15, 0.2) is 11.5 Å². The van der Waals surface area contributed by atoms with Crippen molar-refractivity contribution in [3.63, 3.8) is 0 Å². The summed E-state index contributed by atoms with van der Waals surface area (Å²) >= 11 is 6.31. The molecule has 0 aliphatic carbocycles.